The Bertz CT molecular complexity index is 621. The Labute approximate surface area is 112 Å². The average molecular weight is 247 g/mol. The van der Waals surface area contributed by atoms with E-state index in [1.54, 1.807) is 0 Å². The summed E-state index contributed by atoms with van der Waals surface area (Å²) >= 11 is 0. The monoisotopic (exact) mass is 247 g/mol. The molecule has 0 aliphatic carbocycles. The van der Waals surface area contributed by atoms with E-state index in [0.29, 0.717) is 11.6 Å². The lowest BCUT2D eigenvalue weighted by Gasteiger charge is -2.05. The van der Waals surface area contributed by atoms with E-state index in [4.69, 9.17) is 0 Å². The molecule has 0 atom stereocenters. The highest BCUT2D eigenvalue weighted by atomic mass is 15.0. The molecule has 3 rings (SSSR count). The second-order valence-corrected chi connectivity index (χ2v) is 4.26. The zero-order valence-electron chi connectivity index (χ0n) is 10.6. The molecule has 0 spiro atoms. The van der Waals surface area contributed by atoms with Crippen LogP contribution in [0.4, 0.5) is 0 Å². The van der Waals surface area contributed by atoms with Gasteiger partial charge in [-0.2, -0.15) is 0 Å². The number of aromatic nitrogens is 3. The van der Waals surface area contributed by atoms with Gasteiger partial charge in [-0.1, -0.05) is 60.7 Å². The summed E-state index contributed by atoms with van der Waals surface area (Å²) in [4.78, 5) is 13.4. The molecule has 0 bridgehead atoms. The van der Waals surface area contributed by atoms with E-state index < -0.39 is 0 Å². The number of rotatable bonds is 2. The van der Waals surface area contributed by atoms with Crippen LogP contribution >= 0.6 is 0 Å². The van der Waals surface area contributed by atoms with Crippen molar-refractivity contribution in [3.05, 3.63) is 66.5 Å². The van der Waals surface area contributed by atoms with Gasteiger partial charge in [0.1, 0.15) is 5.82 Å². The van der Waals surface area contributed by atoms with Crippen LogP contribution in [0, 0.1) is 6.92 Å². The first kappa shape index (κ1) is 11.5. The summed E-state index contributed by atoms with van der Waals surface area (Å²) in [6.45, 7) is 1.89. The molecule has 3 nitrogen and oxygen atoms in total. The maximum absolute atomic E-state index is 4.55. The number of hydrogen-bond acceptors (Lipinski definition) is 3. The number of benzene rings is 2. The summed E-state index contributed by atoms with van der Waals surface area (Å²) in [5, 5.41) is 0. The Morgan fingerprint density at radius 3 is 1.42 bits per heavy atom. The third kappa shape index (κ3) is 2.50. The molecule has 19 heavy (non-hydrogen) atoms. The quantitative estimate of drug-likeness (QED) is 0.695. The fourth-order valence-electron chi connectivity index (χ4n) is 1.91. The molecular formula is C16H13N3. The molecule has 3 heteroatoms. The van der Waals surface area contributed by atoms with Crippen LogP contribution in [0.15, 0.2) is 60.7 Å². The van der Waals surface area contributed by atoms with E-state index in [9.17, 15) is 0 Å². The molecule has 1 heterocycles. The van der Waals surface area contributed by atoms with Crippen molar-refractivity contribution in [2.75, 3.05) is 0 Å². The van der Waals surface area contributed by atoms with E-state index in [2.05, 4.69) is 15.0 Å². The molecule has 92 valence electrons. The number of nitrogens with zero attached hydrogens (tertiary/aromatic N) is 3. The molecule has 0 aliphatic heterocycles. The summed E-state index contributed by atoms with van der Waals surface area (Å²) in [6, 6.07) is 19.9. The fourth-order valence-corrected chi connectivity index (χ4v) is 1.91. The second kappa shape index (κ2) is 4.98. The molecule has 0 saturated heterocycles. The van der Waals surface area contributed by atoms with Crippen molar-refractivity contribution in [3.8, 4) is 22.8 Å². The molecule has 0 aliphatic rings. The van der Waals surface area contributed by atoms with E-state index in [0.717, 1.165) is 17.0 Å². The van der Waals surface area contributed by atoms with Gasteiger partial charge in [-0.05, 0) is 6.92 Å². The van der Waals surface area contributed by atoms with Crippen molar-refractivity contribution in [1.82, 2.24) is 15.0 Å². The lowest BCUT2D eigenvalue weighted by molar-refractivity contribution is 0.992. The van der Waals surface area contributed by atoms with Crippen LogP contribution in [-0.2, 0) is 0 Å². The normalized spacial score (nSPS) is 10.4. The van der Waals surface area contributed by atoms with Crippen LogP contribution in [0.5, 0.6) is 0 Å². The van der Waals surface area contributed by atoms with Gasteiger partial charge in [0.05, 0.1) is 0 Å². The molecule has 2 aromatic carbocycles. The van der Waals surface area contributed by atoms with Crippen molar-refractivity contribution in [1.29, 1.82) is 0 Å². The first-order chi connectivity index (χ1) is 9.33. The van der Waals surface area contributed by atoms with Crippen molar-refractivity contribution < 1.29 is 0 Å². The van der Waals surface area contributed by atoms with Crippen LogP contribution in [0.1, 0.15) is 5.82 Å². The molecule has 3 aromatic rings. The van der Waals surface area contributed by atoms with Crippen LogP contribution in [0.3, 0.4) is 0 Å². The van der Waals surface area contributed by atoms with Crippen molar-refractivity contribution in [2.45, 2.75) is 6.92 Å². The highest BCUT2D eigenvalue weighted by Crippen LogP contribution is 2.19. The Morgan fingerprint density at radius 1 is 0.579 bits per heavy atom. The standard InChI is InChI=1S/C16H13N3/c1-12-17-15(13-8-4-2-5-9-13)19-16(18-12)14-10-6-3-7-11-14/h2-11H,1H3. The van der Waals surface area contributed by atoms with Gasteiger partial charge in [0.15, 0.2) is 11.6 Å². The summed E-state index contributed by atoms with van der Waals surface area (Å²) in [7, 11) is 0. The Kier molecular flexibility index (Phi) is 3.02. The van der Waals surface area contributed by atoms with Crippen LogP contribution < -0.4 is 0 Å². The SMILES string of the molecule is Cc1nc(-c2ccccc2)nc(-c2ccccc2)n1. The lowest BCUT2D eigenvalue weighted by Crippen LogP contribution is -1.99. The Balaban J connectivity index is 2.12. The maximum Gasteiger partial charge on any atom is 0.163 e. The fraction of sp³-hybridized carbons (Fsp3) is 0.0625. The minimum Gasteiger partial charge on any atom is -0.213 e. The molecule has 0 N–H and O–H groups in total. The van der Waals surface area contributed by atoms with Crippen LogP contribution in [-0.4, -0.2) is 15.0 Å². The van der Waals surface area contributed by atoms with E-state index >= 15 is 0 Å². The van der Waals surface area contributed by atoms with Gasteiger partial charge in [-0.25, -0.2) is 15.0 Å². The van der Waals surface area contributed by atoms with Gasteiger partial charge in [-0.15, -0.1) is 0 Å². The maximum atomic E-state index is 4.55. The Hall–Kier alpha value is -2.55. The van der Waals surface area contributed by atoms with Crippen LogP contribution in [0.25, 0.3) is 22.8 Å². The molecule has 0 radical (unpaired) electrons. The van der Waals surface area contributed by atoms with E-state index in [1.165, 1.54) is 0 Å². The van der Waals surface area contributed by atoms with Gasteiger partial charge in [-0.3, -0.25) is 0 Å². The summed E-state index contributed by atoms with van der Waals surface area (Å²) in [5.74, 6) is 2.16. The Morgan fingerprint density at radius 2 is 1.00 bits per heavy atom. The van der Waals surface area contributed by atoms with Gasteiger partial charge < -0.3 is 0 Å². The predicted octanol–water partition coefficient (Wildman–Crippen LogP) is 3.51. The minimum absolute atomic E-state index is 0.715. The zero-order chi connectivity index (χ0) is 13.1. The third-order valence-electron chi connectivity index (χ3n) is 2.81. The number of hydrogen-bond donors (Lipinski definition) is 0. The summed E-state index contributed by atoms with van der Waals surface area (Å²) < 4.78 is 0. The summed E-state index contributed by atoms with van der Waals surface area (Å²) in [6.07, 6.45) is 0. The first-order valence-corrected chi connectivity index (χ1v) is 6.16. The third-order valence-corrected chi connectivity index (χ3v) is 2.81. The largest absolute Gasteiger partial charge is 0.213 e. The first-order valence-electron chi connectivity index (χ1n) is 6.16. The highest BCUT2D eigenvalue weighted by molar-refractivity contribution is 5.60. The smallest absolute Gasteiger partial charge is 0.163 e. The number of aryl methyl sites for hydroxylation is 1. The second-order valence-electron chi connectivity index (χ2n) is 4.26. The van der Waals surface area contributed by atoms with Gasteiger partial charge >= 0.3 is 0 Å². The van der Waals surface area contributed by atoms with Crippen molar-refractivity contribution in [2.24, 2.45) is 0 Å². The molecular weight excluding hydrogens is 234 g/mol. The van der Waals surface area contributed by atoms with E-state index in [1.807, 2.05) is 67.6 Å². The van der Waals surface area contributed by atoms with Gasteiger partial charge in [0, 0.05) is 11.1 Å². The van der Waals surface area contributed by atoms with Gasteiger partial charge in [0.25, 0.3) is 0 Å². The topological polar surface area (TPSA) is 38.7 Å². The molecule has 1 aromatic heterocycles. The van der Waals surface area contributed by atoms with E-state index in [-0.39, 0.29) is 0 Å². The molecule has 0 amide bonds. The minimum atomic E-state index is 0.715. The summed E-state index contributed by atoms with van der Waals surface area (Å²) in [5.41, 5.74) is 2.01. The van der Waals surface area contributed by atoms with Gasteiger partial charge in [0.2, 0.25) is 0 Å². The molecule has 0 saturated carbocycles. The average Bonchev–Trinajstić information content (AvgIpc) is 2.48. The molecule has 0 unspecified atom stereocenters. The zero-order valence-corrected chi connectivity index (χ0v) is 10.6. The highest BCUT2D eigenvalue weighted by Gasteiger charge is 2.07. The van der Waals surface area contributed by atoms with Crippen molar-refractivity contribution in [3.63, 3.8) is 0 Å². The predicted molar refractivity (Wildman–Crippen MR) is 75.4 cm³/mol. The molecule has 0 fully saturated rings. The van der Waals surface area contributed by atoms with Crippen LogP contribution in [0.2, 0.25) is 0 Å². The lowest BCUT2D eigenvalue weighted by atomic mass is 10.2. The van der Waals surface area contributed by atoms with Crippen molar-refractivity contribution >= 4 is 0 Å².